The van der Waals surface area contributed by atoms with E-state index in [0.717, 1.165) is 35.3 Å². The Morgan fingerprint density at radius 1 is 1.50 bits per heavy atom. The summed E-state index contributed by atoms with van der Waals surface area (Å²) >= 11 is 1.62. The van der Waals surface area contributed by atoms with Crippen molar-refractivity contribution in [2.24, 2.45) is 0 Å². The van der Waals surface area contributed by atoms with Gasteiger partial charge in [-0.25, -0.2) is 4.98 Å². The summed E-state index contributed by atoms with van der Waals surface area (Å²) in [5, 5.41) is 10.2. The standard InChI is InChI=1S/C11H19N3OS/c1-8-6-14(5-4-13(8)3)11-12-9(2)10(7-15)16-11/h8,15H,4-7H2,1-3H3. The number of likely N-dealkylation sites (N-methyl/N-ethyl adjacent to an activating group) is 1. The molecule has 1 aromatic heterocycles. The molecule has 0 aromatic carbocycles. The molecule has 4 nitrogen and oxygen atoms in total. The highest BCUT2D eigenvalue weighted by molar-refractivity contribution is 7.15. The van der Waals surface area contributed by atoms with Gasteiger partial charge in [-0.2, -0.15) is 0 Å². The maximum atomic E-state index is 9.17. The lowest BCUT2D eigenvalue weighted by Gasteiger charge is -2.37. The van der Waals surface area contributed by atoms with Gasteiger partial charge in [0.1, 0.15) is 0 Å². The van der Waals surface area contributed by atoms with E-state index in [0.29, 0.717) is 6.04 Å². The third-order valence-electron chi connectivity index (χ3n) is 3.26. The minimum atomic E-state index is 0.104. The smallest absolute Gasteiger partial charge is 0.185 e. The van der Waals surface area contributed by atoms with Gasteiger partial charge >= 0.3 is 0 Å². The Morgan fingerprint density at radius 3 is 2.81 bits per heavy atom. The van der Waals surface area contributed by atoms with E-state index in [-0.39, 0.29) is 6.61 Å². The Balaban J connectivity index is 2.12. The monoisotopic (exact) mass is 241 g/mol. The van der Waals surface area contributed by atoms with Crippen LogP contribution >= 0.6 is 11.3 Å². The van der Waals surface area contributed by atoms with Gasteiger partial charge in [0.25, 0.3) is 0 Å². The summed E-state index contributed by atoms with van der Waals surface area (Å²) in [5.41, 5.74) is 0.967. The lowest BCUT2D eigenvalue weighted by molar-refractivity contribution is 0.234. The lowest BCUT2D eigenvalue weighted by Crippen LogP contribution is -2.50. The number of aliphatic hydroxyl groups is 1. The van der Waals surface area contributed by atoms with Crippen LogP contribution in [0.4, 0.5) is 5.13 Å². The normalized spacial score (nSPS) is 22.8. The molecular formula is C11H19N3OS. The molecule has 1 aliphatic rings. The number of aryl methyl sites for hydroxylation is 1. The first-order valence-corrected chi connectivity index (χ1v) is 6.46. The molecule has 0 spiro atoms. The predicted molar refractivity (Wildman–Crippen MR) is 67.1 cm³/mol. The zero-order valence-electron chi connectivity index (χ0n) is 10.1. The zero-order chi connectivity index (χ0) is 11.7. The molecule has 1 fully saturated rings. The fourth-order valence-electron chi connectivity index (χ4n) is 1.92. The first-order chi connectivity index (χ1) is 7.61. The number of anilines is 1. The van der Waals surface area contributed by atoms with Crippen LogP contribution in [0.5, 0.6) is 0 Å². The molecule has 0 saturated carbocycles. The van der Waals surface area contributed by atoms with Crippen LogP contribution in [0, 0.1) is 6.92 Å². The van der Waals surface area contributed by atoms with Crippen LogP contribution in [0.1, 0.15) is 17.5 Å². The van der Waals surface area contributed by atoms with Crippen LogP contribution in [0.2, 0.25) is 0 Å². The average Bonchev–Trinajstić information content (AvgIpc) is 2.64. The van der Waals surface area contributed by atoms with Gasteiger partial charge in [-0.15, -0.1) is 0 Å². The summed E-state index contributed by atoms with van der Waals surface area (Å²) in [6, 6.07) is 0.565. The summed E-state index contributed by atoms with van der Waals surface area (Å²) in [6.07, 6.45) is 0. The topological polar surface area (TPSA) is 39.6 Å². The van der Waals surface area contributed by atoms with Crippen molar-refractivity contribution < 1.29 is 5.11 Å². The maximum absolute atomic E-state index is 9.17. The molecular weight excluding hydrogens is 222 g/mol. The number of aliphatic hydroxyl groups excluding tert-OH is 1. The van der Waals surface area contributed by atoms with Gasteiger partial charge in [0.15, 0.2) is 5.13 Å². The highest BCUT2D eigenvalue weighted by Crippen LogP contribution is 2.27. The SMILES string of the molecule is Cc1nc(N2CCN(C)C(C)C2)sc1CO. The van der Waals surface area contributed by atoms with Crippen molar-refractivity contribution in [3.05, 3.63) is 10.6 Å². The quantitative estimate of drug-likeness (QED) is 0.841. The Kier molecular flexibility index (Phi) is 3.47. The molecule has 16 heavy (non-hydrogen) atoms. The molecule has 1 aromatic rings. The molecule has 2 heterocycles. The predicted octanol–water partition coefficient (Wildman–Crippen LogP) is 1.08. The molecule has 1 aliphatic heterocycles. The van der Waals surface area contributed by atoms with Crippen LogP contribution in [-0.4, -0.2) is 47.7 Å². The minimum absolute atomic E-state index is 0.104. The van der Waals surface area contributed by atoms with E-state index in [1.807, 2.05) is 6.92 Å². The van der Waals surface area contributed by atoms with Gasteiger partial charge in [-0.3, -0.25) is 0 Å². The van der Waals surface area contributed by atoms with E-state index in [1.54, 1.807) is 11.3 Å². The van der Waals surface area contributed by atoms with E-state index in [1.165, 1.54) is 0 Å². The van der Waals surface area contributed by atoms with E-state index in [9.17, 15) is 0 Å². The average molecular weight is 241 g/mol. The van der Waals surface area contributed by atoms with E-state index < -0.39 is 0 Å². The Morgan fingerprint density at radius 2 is 2.25 bits per heavy atom. The number of piperazine rings is 1. The Bertz CT molecular complexity index is 366. The molecule has 90 valence electrons. The molecule has 2 rings (SSSR count). The van der Waals surface area contributed by atoms with Crippen LogP contribution in [0.15, 0.2) is 0 Å². The maximum Gasteiger partial charge on any atom is 0.185 e. The van der Waals surface area contributed by atoms with E-state index in [2.05, 4.69) is 28.8 Å². The van der Waals surface area contributed by atoms with Crippen LogP contribution < -0.4 is 4.90 Å². The minimum Gasteiger partial charge on any atom is -0.391 e. The molecule has 1 atom stereocenters. The Hall–Kier alpha value is -0.650. The summed E-state index contributed by atoms with van der Waals surface area (Å²) < 4.78 is 0. The highest BCUT2D eigenvalue weighted by Gasteiger charge is 2.23. The second kappa shape index (κ2) is 4.69. The number of hydrogen-bond donors (Lipinski definition) is 1. The van der Waals surface area contributed by atoms with Crippen molar-refractivity contribution in [2.75, 3.05) is 31.6 Å². The lowest BCUT2D eigenvalue weighted by atomic mass is 10.2. The summed E-state index contributed by atoms with van der Waals surface area (Å²) in [4.78, 5) is 10.2. The van der Waals surface area contributed by atoms with Crippen molar-refractivity contribution in [3.63, 3.8) is 0 Å². The van der Waals surface area contributed by atoms with E-state index in [4.69, 9.17) is 5.11 Å². The second-order valence-electron chi connectivity index (χ2n) is 4.44. The fraction of sp³-hybridized carbons (Fsp3) is 0.727. The van der Waals surface area contributed by atoms with Crippen molar-refractivity contribution >= 4 is 16.5 Å². The Labute approximate surface area is 101 Å². The van der Waals surface area contributed by atoms with Gasteiger partial charge in [0.05, 0.1) is 17.2 Å². The summed E-state index contributed by atoms with van der Waals surface area (Å²) in [7, 11) is 2.16. The number of thiazole rings is 1. The number of rotatable bonds is 2. The summed E-state index contributed by atoms with van der Waals surface area (Å²) in [6.45, 7) is 7.43. The van der Waals surface area contributed by atoms with Gasteiger partial charge in [0, 0.05) is 25.7 Å². The van der Waals surface area contributed by atoms with Crippen LogP contribution in [0.3, 0.4) is 0 Å². The molecule has 0 radical (unpaired) electrons. The molecule has 5 heteroatoms. The third-order valence-corrected chi connectivity index (χ3v) is 4.46. The van der Waals surface area contributed by atoms with Gasteiger partial charge in [-0.1, -0.05) is 11.3 Å². The second-order valence-corrected chi connectivity index (χ2v) is 5.50. The molecule has 0 aliphatic carbocycles. The molecule has 0 amide bonds. The van der Waals surface area contributed by atoms with Gasteiger partial charge in [-0.05, 0) is 20.9 Å². The van der Waals surface area contributed by atoms with E-state index >= 15 is 0 Å². The molecule has 1 N–H and O–H groups in total. The first-order valence-electron chi connectivity index (χ1n) is 5.64. The fourth-order valence-corrected chi connectivity index (χ4v) is 2.87. The molecule has 1 saturated heterocycles. The van der Waals surface area contributed by atoms with Crippen molar-refractivity contribution in [1.29, 1.82) is 0 Å². The van der Waals surface area contributed by atoms with Crippen LogP contribution in [0.25, 0.3) is 0 Å². The summed E-state index contributed by atoms with van der Waals surface area (Å²) in [5.74, 6) is 0. The highest BCUT2D eigenvalue weighted by atomic mass is 32.1. The van der Waals surface area contributed by atoms with Crippen LogP contribution in [-0.2, 0) is 6.61 Å². The number of nitrogens with zero attached hydrogens (tertiary/aromatic N) is 3. The van der Waals surface area contributed by atoms with Crippen molar-refractivity contribution in [2.45, 2.75) is 26.5 Å². The molecule has 1 unspecified atom stereocenters. The number of aromatic nitrogens is 1. The third kappa shape index (κ3) is 2.21. The molecule has 0 bridgehead atoms. The number of hydrogen-bond acceptors (Lipinski definition) is 5. The zero-order valence-corrected chi connectivity index (χ0v) is 10.9. The van der Waals surface area contributed by atoms with Crippen molar-refractivity contribution in [3.8, 4) is 0 Å². The first kappa shape index (κ1) is 11.8. The largest absolute Gasteiger partial charge is 0.391 e. The van der Waals surface area contributed by atoms with Gasteiger partial charge < -0.3 is 14.9 Å². The van der Waals surface area contributed by atoms with Crippen molar-refractivity contribution in [1.82, 2.24) is 9.88 Å². The van der Waals surface area contributed by atoms with Gasteiger partial charge in [0.2, 0.25) is 0 Å².